The highest BCUT2D eigenvalue weighted by Gasteiger charge is 2.32. The summed E-state index contributed by atoms with van der Waals surface area (Å²) < 4.78 is 0. The first-order valence-corrected chi connectivity index (χ1v) is 12.3. The lowest BCUT2D eigenvalue weighted by Crippen LogP contribution is -2.44. The fraction of sp³-hybridized carbons (Fsp3) is 0.538. The summed E-state index contributed by atoms with van der Waals surface area (Å²) >= 11 is 0. The first-order chi connectivity index (χ1) is 15.7. The molecule has 0 bridgehead atoms. The van der Waals surface area contributed by atoms with Crippen LogP contribution in [0.3, 0.4) is 0 Å². The summed E-state index contributed by atoms with van der Waals surface area (Å²) in [6, 6.07) is 11.3. The number of nitrogens with one attached hydrogen (secondary N) is 1. The largest absolute Gasteiger partial charge is 0.367 e. The standard InChI is InChI=1S/C26H34N6/c1-30-13-15-31(16-14-30)23-9-3-7-21-26(23)29-24(28-21)18-32(17-19-10-11-19)22-8-2-5-20-6-4-12-27-25(20)22/h3-4,6-7,9,12,19,22H,2,5,8,10-11,13-18H2,1H3,(H,28,29)/t22-/m0/s1. The molecule has 2 fully saturated rings. The van der Waals surface area contributed by atoms with Gasteiger partial charge in [0.05, 0.1) is 29.5 Å². The van der Waals surface area contributed by atoms with Gasteiger partial charge < -0.3 is 14.8 Å². The molecule has 32 heavy (non-hydrogen) atoms. The van der Waals surface area contributed by atoms with E-state index < -0.39 is 0 Å². The maximum atomic E-state index is 5.15. The fourth-order valence-corrected chi connectivity index (χ4v) is 5.51. The summed E-state index contributed by atoms with van der Waals surface area (Å²) in [7, 11) is 2.21. The minimum Gasteiger partial charge on any atom is -0.367 e. The molecule has 2 aliphatic carbocycles. The van der Waals surface area contributed by atoms with Crippen LogP contribution < -0.4 is 4.90 Å². The monoisotopic (exact) mass is 430 g/mol. The number of imidazole rings is 1. The van der Waals surface area contributed by atoms with E-state index in [1.165, 1.54) is 42.6 Å². The molecular formula is C26H34N6. The van der Waals surface area contributed by atoms with Crippen LogP contribution in [0.1, 0.15) is 48.8 Å². The van der Waals surface area contributed by atoms with E-state index in [1.54, 1.807) is 0 Å². The van der Waals surface area contributed by atoms with Gasteiger partial charge in [-0.1, -0.05) is 12.1 Å². The molecule has 6 nitrogen and oxygen atoms in total. The molecule has 1 aromatic carbocycles. The van der Waals surface area contributed by atoms with Crippen LogP contribution in [0, 0.1) is 5.92 Å². The van der Waals surface area contributed by atoms with Gasteiger partial charge in [-0.25, -0.2) is 4.98 Å². The third-order valence-corrected chi connectivity index (χ3v) is 7.53. The first kappa shape index (κ1) is 20.2. The SMILES string of the molecule is CN1CCN(c2cccc3[nH]c(CN(CC4CC4)[C@H]4CCCc5cccnc54)nc23)CC1. The summed E-state index contributed by atoms with van der Waals surface area (Å²) in [5.41, 5.74) is 6.29. The van der Waals surface area contributed by atoms with Gasteiger partial charge in [0.1, 0.15) is 11.3 Å². The second-order valence-corrected chi connectivity index (χ2v) is 9.98. The molecule has 3 heterocycles. The van der Waals surface area contributed by atoms with Crippen molar-refractivity contribution in [3.63, 3.8) is 0 Å². The van der Waals surface area contributed by atoms with Crippen LogP contribution in [0.2, 0.25) is 0 Å². The molecular weight excluding hydrogens is 396 g/mol. The number of aromatic nitrogens is 3. The molecule has 168 valence electrons. The maximum Gasteiger partial charge on any atom is 0.121 e. The van der Waals surface area contributed by atoms with Crippen molar-refractivity contribution in [1.82, 2.24) is 24.8 Å². The van der Waals surface area contributed by atoms with Gasteiger partial charge in [-0.05, 0) is 68.8 Å². The predicted octanol–water partition coefficient (Wildman–Crippen LogP) is 4.00. The van der Waals surface area contributed by atoms with Gasteiger partial charge >= 0.3 is 0 Å². The van der Waals surface area contributed by atoms with Gasteiger partial charge in [0.15, 0.2) is 0 Å². The summed E-state index contributed by atoms with van der Waals surface area (Å²) in [6.07, 6.45) is 8.31. The number of pyridine rings is 1. The number of benzene rings is 1. The van der Waals surface area contributed by atoms with Crippen LogP contribution in [0.15, 0.2) is 36.5 Å². The van der Waals surface area contributed by atoms with Crippen LogP contribution in [0.5, 0.6) is 0 Å². The minimum atomic E-state index is 0.408. The van der Waals surface area contributed by atoms with Crippen molar-refractivity contribution in [2.45, 2.75) is 44.7 Å². The van der Waals surface area contributed by atoms with Crippen LogP contribution in [-0.4, -0.2) is 64.5 Å². The van der Waals surface area contributed by atoms with Crippen molar-refractivity contribution < 1.29 is 0 Å². The Bertz CT molecular complexity index is 1080. The molecule has 1 aliphatic heterocycles. The van der Waals surface area contributed by atoms with Gasteiger partial charge in [-0.3, -0.25) is 9.88 Å². The number of rotatable bonds is 6. The molecule has 0 spiro atoms. The highest BCUT2D eigenvalue weighted by molar-refractivity contribution is 5.89. The second-order valence-electron chi connectivity index (χ2n) is 9.98. The Morgan fingerprint density at radius 3 is 2.78 bits per heavy atom. The third kappa shape index (κ3) is 4.02. The Kier molecular flexibility index (Phi) is 5.35. The molecule has 6 rings (SSSR count). The van der Waals surface area contributed by atoms with E-state index >= 15 is 0 Å². The maximum absolute atomic E-state index is 5.15. The number of H-pyrrole nitrogens is 1. The molecule has 0 unspecified atom stereocenters. The molecule has 0 radical (unpaired) electrons. The number of nitrogens with zero attached hydrogens (tertiary/aromatic N) is 5. The number of aromatic amines is 1. The molecule has 1 N–H and O–H groups in total. The van der Waals surface area contributed by atoms with Crippen molar-refractivity contribution in [2.24, 2.45) is 5.92 Å². The number of piperazine rings is 1. The van der Waals surface area contributed by atoms with Crippen molar-refractivity contribution in [2.75, 3.05) is 44.7 Å². The Morgan fingerprint density at radius 1 is 1.06 bits per heavy atom. The number of anilines is 1. The summed E-state index contributed by atoms with van der Waals surface area (Å²) in [5, 5.41) is 0. The van der Waals surface area contributed by atoms with Crippen molar-refractivity contribution >= 4 is 16.7 Å². The third-order valence-electron chi connectivity index (χ3n) is 7.53. The highest BCUT2D eigenvalue weighted by Crippen LogP contribution is 2.38. The van der Waals surface area contributed by atoms with E-state index in [1.807, 2.05) is 6.20 Å². The molecule has 1 saturated carbocycles. The Morgan fingerprint density at radius 2 is 1.94 bits per heavy atom. The molecule has 6 heteroatoms. The Balaban J connectivity index is 1.29. The zero-order valence-corrected chi connectivity index (χ0v) is 19.1. The van der Waals surface area contributed by atoms with E-state index in [2.05, 4.69) is 57.1 Å². The number of aryl methyl sites for hydroxylation is 1. The molecule has 2 aromatic heterocycles. The summed E-state index contributed by atoms with van der Waals surface area (Å²) in [6.45, 7) is 6.37. The zero-order valence-electron chi connectivity index (χ0n) is 19.1. The number of hydrogen-bond acceptors (Lipinski definition) is 5. The average Bonchev–Trinajstić information content (AvgIpc) is 3.54. The Hall–Kier alpha value is -2.44. The number of para-hydroxylation sites is 1. The quantitative estimate of drug-likeness (QED) is 0.641. The van der Waals surface area contributed by atoms with Crippen LogP contribution in [-0.2, 0) is 13.0 Å². The molecule has 1 atom stereocenters. The average molecular weight is 431 g/mol. The molecule has 0 amide bonds. The van der Waals surface area contributed by atoms with Gasteiger partial charge in [-0.15, -0.1) is 0 Å². The molecule has 1 saturated heterocycles. The minimum absolute atomic E-state index is 0.408. The number of hydrogen-bond donors (Lipinski definition) is 1. The van der Waals surface area contributed by atoms with Gasteiger partial charge in [0, 0.05) is 38.9 Å². The zero-order chi connectivity index (χ0) is 21.5. The van der Waals surface area contributed by atoms with Gasteiger partial charge in [-0.2, -0.15) is 0 Å². The van der Waals surface area contributed by atoms with Crippen molar-refractivity contribution in [3.05, 3.63) is 53.6 Å². The van der Waals surface area contributed by atoms with Crippen LogP contribution >= 0.6 is 0 Å². The highest BCUT2D eigenvalue weighted by atomic mass is 15.3. The second kappa shape index (κ2) is 8.49. The lowest BCUT2D eigenvalue weighted by Gasteiger charge is -2.34. The normalized spacial score (nSPS) is 21.9. The predicted molar refractivity (Wildman–Crippen MR) is 129 cm³/mol. The lowest BCUT2D eigenvalue weighted by atomic mass is 9.90. The fourth-order valence-electron chi connectivity index (χ4n) is 5.51. The van der Waals surface area contributed by atoms with E-state index in [9.17, 15) is 0 Å². The topological polar surface area (TPSA) is 51.3 Å². The van der Waals surface area contributed by atoms with Gasteiger partial charge in [0.25, 0.3) is 0 Å². The van der Waals surface area contributed by atoms with E-state index in [0.29, 0.717) is 6.04 Å². The van der Waals surface area contributed by atoms with Gasteiger partial charge in [0.2, 0.25) is 0 Å². The van der Waals surface area contributed by atoms with E-state index in [4.69, 9.17) is 9.97 Å². The molecule has 3 aromatic rings. The smallest absolute Gasteiger partial charge is 0.121 e. The summed E-state index contributed by atoms with van der Waals surface area (Å²) in [5.74, 6) is 1.93. The van der Waals surface area contributed by atoms with Crippen LogP contribution in [0.4, 0.5) is 5.69 Å². The molecule has 3 aliphatic rings. The van der Waals surface area contributed by atoms with E-state index in [-0.39, 0.29) is 0 Å². The first-order valence-electron chi connectivity index (χ1n) is 12.3. The van der Waals surface area contributed by atoms with Crippen molar-refractivity contribution in [1.29, 1.82) is 0 Å². The van der Waals surface area contributed by atoms with Crippen LogP contribution in [0.25, 0.3) is 11.0 Å². The van der Waals surface area contributed by atoms with E-state index in [0.717, 1.165) is 68.5 Å². The van der Waals surface area contributed by atoms with Crippen molar-refractivity contribution in [3.8, 4) is 0 Å². The summed E-state index contributed by atoms with van der Waals surface area (Å²) in [4.78, 5) is 21.2. The number of fused-ring (bicyclic) bond motifs is 2. The lowest BCUT2D eigenvalue weighted by molar-refractivity contribution is 0.155. The number of likely N-dealkylation sites (N-methyl/N-ethyl adjacent to an activating group) is 1. The Labute approximate surface area is 190 Å².